The van der Waals surface area contributed by atoms with E-state index in [0.717, 1.165) is 38.8 Å². The molecule has 0 saturated carbocycles. The van der Waals surface area contributed by atoms with E-state index in [1.807, 2.05) is 6.07 Å². The lowest BCUT2D eigenvalue weighted by molar-refractivity contribution is -0.157. The molecule has 1 heterocycles. The van der Waals surface area contributed by atoms with Gasteiger partial charge in [0.2, 0.25) is 0 Å². The number of ether oxygens (including phenoxy) is 2. The average molecular weight is 330 g/mol. The van der Waals surface area contributed by atoms with E-state index in [9.17, 15) is 9.59 Å². The summed E-state index contributed by atoms with van der Waals surface area (Å²) >= 11 is 0. The van der Waals surface area contributed by atoms with Crippen molar-refractivity contribution in [1.29, 1.82) is 5.26 Å². The molecule has 0 spiro atoms. The van der Waals surface area contributed by atoms with E-state index in [0.29, 0.717) is 11.3 Å². The maximum atomic E-state index is 12.1. The highest BCUT2D eigenvalue weighted by atomic mass is 16.6. The number of likely N-dealkylation sites (tertiary alicyclic amines) is 1. The van der Waals surface area contributed by atoms with Crippen LogP contribution in [0.25, 0.3) is 0 Å². The fourth-order valence-electron chi connectivity index (χ4n) is 2.56. The number of hydrogen-bond donors (Lipinski definition) is 0. The summed E-state index contributed by atoms with van der Waals surface area (Å²) < 4.78 is 10.5. The van der Waals surface area contributed by atoms with Crippen LogP contribution in [0.5, 0.6) is 5.75 Å². The highest BCUT2D eigenvalue weighted by Crippen LogP contribution is 2.18. The Balaban J connectivity index is 1.83. The van der Waals surface area contributed by atoms with Gasteiger partial charge in [0.15, 0.2) is 12.7 Å². The molecule has 1 aliphatic heterocycles. The maximum Gasteiger partial charge on any atom is 0.347 e. The molecule has 1 aromatic rings. The Morgan fingerprint density at radius 2 is 1.88 bits per heavy atom. The summed E-state index contributed by atoms with van der Waals surface area (Å²) in [5.41, 5.74) is 0.345. The number of esters is 1. The molecule has 1 aromatic carbocycles. The van der Waals surface area contributed by atoms with E-state index in [-0.39, 0.29) is 12.5 Å². The van der Waals surface area contributed by atoms with Crippen LogP contribution in [-0.4, -0.2) is 42.6 Å². The molecule has 24 heavy (non-hydrogen) atoms. The minimum Gasteiger partial charge on any atom is -0.478 e. The van der Waals surface area contributed by atoms with Crippen molar-refractivity contribution >= 4 is 11.9 Å². The largest absolute Gasteiger partial charge is 0.478 e. The van der Waals surface area contributed by atoms with Crippen molar-refractivity contribution in [2.75, 3.05) is 19.7 Å². The van der Waals surface area contributed by atoms with Crippen molar-refractivity contribution in [3.63, 3.8) is 0 Å². The SMILES string of the molecule is CC(Oc1ccccc1C#N)C(=O)OCC(=O)N1CCCCCC1. The summed E-state index contributed by atoms with van der Waals surface area (Å²) in [6.45, 7) is 2.70. The summed E-state index contributed by atoms with van der Waals surface area (Å²) in [5, 5.41) is 9.02. The highest BCUT2D eigenvalue weighted by Gasteiger charge is 2.21. The van der Waals surface area contributed by atoms with Gasteiger partial charge in [0.25, 0.3) is 5.91 Å². The fraction of sp³-hybridized carbons (Fsp3) is 0.500. The lowest BCUT2D eigenvalue weighted by Crippen LogP contribution is -2.37. The van der Waals surface area contributed by atoms with Crippen molar-refractivity contribution in [3.8, 4) is 11.8 Å². The third kappa shape index (κ3) is 4.98. The summed E-state index contributed by atoms with van der Waals surface area (Å²) in [6, 6.07) is 8.66. The van der Waals surface area contributed by atoms with Gasteiger partial charge in [-0.1, -0.05) is 25.0 Å². The topological polar surface area (TPSA) is 79.6 Å². The molecule has 128 valence electrons. The number of benzene rings is 1. The molecule has 1 atom stereocenters. The van der Waals surface area contributed by atoms with Gasteiger partial charge in [-0.05, 0) is 31.9 Å². The Hall–Kier alpha value is -2.55. The van der Waals surface area contributed by atoms with Crippen LogP contribution < -0.4 is 4.74 Å². The number of amides is 1. The van der Waals surface area contributed by atoms with E-state index >= 15 is 0 Å². The summed E-state index contributed by atoms with van der Waals surface area (Å²) in [7, 11) is 0. The van der Waals surface area contributed by atoms with E-state index in [4.69, 9.17) is 14.7 Å². The standard InChI is InChI=1S/C18H22N2O4/c1-14(24-16-9-5-4-8-15(16)12-19)18(22)23-13-17(21)20-10-6-2-3-7-11-20/h4-5,8-9,14H,2-3,6-7,10-11,13H2,1H3. The lowest BCUT2D eigenvalue weighted by Gasteiger charge is -2.20. The third-order valence-electron chi connectivity index (χ3n) is 3.94. The van der Waals surface area contributed by atoms with Crippen molar-refractivity contribution in [3.05, 3.63) is 29.8 Å². The average Bonchev–Trinajstić information content (AvgIpc) is 2.89. The van der Waals surface area contributed by atoms with Crippen LogP contribution in [0.15, 0.2) is 24.3 Å². The number of carbonyl (C=O) groups is 2. The van der Waals surface area contributed by atoms with Crippen LogP contribution in [-0.2, 0) is 14.3 Å². The van der Waals surface area contributed by atoms with Crippen LogP contribution in [0.1, 0.15) is 38.2 Å². The van der Waals surface area contributed by atoms with E-state index in [1.54, 1.807) is 29.2 Å². The number of para-hydroxylation sites is 1. The molecule has 0 radical (unpaired) electrons. The first-order chi connectivity index (χ1) is 11.6. The van der Waals surface area contributed by atoms with Crippen LogP contribution in [0.4, 0.5) is 0 Å². The van der Waals surface area contributed by atoms with Gasteiger partial charge in [-0.15, -0.1) is 0 Å². The molecule has 1 fully saturated rings. The lowest BCUT2D eigenvalue weighted by atomic mass is 10.2. The highest BCUT2D eigenvalue weighted by molar-refractivity contribution is 5.82. The zero-order valence-corrected chi connectivity index (χ0v) is 13.9. The van der Waals surface area contributed by atoms with Gasteiger partial charge in [-0.25, -0.2) is 4.79 Å². The van der Waals surface area contributed by atoms with E-state index < -0.39 is 12.1 Å². The normalized spacial score (nSPS) is 15.8. The molecule has 1 unspecified atom stereocenters. The Bertz CT molecular complexity index is 616. The van der Waals surface area contributed by atoms with Crippen LogP contribution in [0, 0.1) is 11.3 Å². The van der Waals surface area contributed by atoms with Crippen molar-refractivity contribution in [2.45, 2.75) is 38.7 Å². The summed E-state index contributed by atoms with van der Waals surface area (Å²) in [4.78, 5) is 25.8. The Kier molecular flexibility index (Phi) is 6.62. The number of nitriles is 1. The Labute approximate surface area is 142 Å². The number of carbonyl (C=O) groups excluding carboxylic acids is 2. The Morgan fingerprint density at radius 1 is 1.21 bits per heavy atom. The van der Waals surface area contributed by atoms with E-state index in [1.165, 1.54) is 6.92 Å². The molecule has 6 heteroatoms. The predicted octanol–water partition coefficient (Wildman–Crippen LogP) is 2.27. The molecule has 0 aromatic heterocycles. The zero-order valence-electron chi connectivity index (χ0n) is 13.9. The molecule has 0 aliphatic carbocycles. The molecule has 2 rings (SSSR count). The summed E-state index contributed by atoms with van der Waals surface area (Å²) in [5.74, 6) is -0.468. The number of hydrogen-bond acceptors (Lipinski definition) is 5. The van der Waals surface area contributed by atoms with Crippen LogP contribution in [0.3, 0.4) is 0 Å². The third-order valence-corrected chi connectivity index (χ3v) is 3.94. The zero-order chi connectivity index (χ0) is 17.4. The monoisotopic (exact) mass is 330 g/mol. The molecule has 1 amide bonds. The van der Waals surface area contributed by atoms with Gasteiger partial charge >= 0.3 is 5.97 Å². The van der Waals surface area contributed by atoms with Gasteiger partial charge in [-0.3, -0.25) is 4.79 Å². The number of rotatable bonds is 5. The first kappa shape index (κ1) is 17.8. The molecular formula is C18H22N2O4. The van der Waals surface area contributed by atoms with Gasteiger partial charge in [0.1, 0.15) is 11.8 Å². The van der Waals surface area contributed by atoms with Gasteiger partial charge < -0.3 is 14.4 Å². The first-order valence-corrected chi connectivity index (χ1v) is 8.22. The summed E-state index contributed by atoms with van der Waals surface area (Å²) in [6.07, 6.45) is 3.35. The van der Waals surface area contributed by atoms with Gasteiger partial charge in [0, 0.05) is 13.1 Å². The molecule has 0 bridgehead atoms. The quantitative estimate of drug-likeness (QED) is 0.774. The molecule has 6 nitrogen and oxygen atoms in total. The fourth-order valence-corrected chi connectivity index (χ4v) is 2.56. The first-order valence-electron chi connectivity index (χ1n) is 8.22. The molecule has 1 aliphatic rings. The second-order valence-electron chi connectivity index (χ2n) is 5.77. The van der Waals surface area contributed by atoms with Crippen LogP contribution in [0.2, 0.25) is 0 Å². The van der Waals surface area contributed by atoms with Crippen molar-refractivity contribution in [1.82, 2.24) is 4.90 Å². The van der Waals surface area contributed by atoms with Crippen LogP contribution >= 0.6 is 0 Å². The second-order valence-corrected chi connectivity index (χ2v) is 5.77. The second kappa shape index (κ2) is 8.92. The molecular weight excluding hydrogens is 308 g/mol. The maximum absolute atomic E-state index is 12.1. The molecule has 0 N–H and O–H groups in total. The molecule has 1 saturated heterocycles. The van der Waals surface area contributed by atoms with Gasteiger partial charge in [-0.2, -0.15) is 5.26 Å². The van der Waals surface area contributed by atoms with Crippen molar-refractivity contribution < 1.29 is 19.1 Å². The van der Waals surface area contributed by atoms with Gasteiger partial charge in [0.05, 0.1) is 5.56 Å². The minimum absolute atomic E-state index is 0.171. The minimum atomic E-state index is -0.892. The smallest absolute Gasteiger partial charge is 0.347 e. The van der Waals surface area contributed by atoms with E-state index in [2.05, 4.69) is 0 Å². The Morgan fingerprint density at radius 3 is 2.54 bits per heavy atom. The van der Waals surface area contributed by atoms with Crippen molar-refractivity contribution in [2.24, 2.45) is 0 Å². The number of nitrogens with zero attached hydrogens (tertiary/aromatic N) is 2. The predicted molar refractivity (Wildman–Crippen MR) is 87.3 cm³/mol.